The van der Waals surface area contributed by atoms with E-state index in [2.05, 4.69) is 10.3 Å². The third kappa shape index (κ3) is 4.58. The Morgan fingerprint density at radius 1 is 1.46 bits per heavy atom. The van der Waals surface area contributed by atoms with Gasteiger partial charge in [0.25, 0.3) is 5.91 Å². The number of pyridine rings is 1. The van der Waals surface area contributed by atoms with Crippen LogP contribution in [0, 0.1) is 0 Å². The first-order chi connectivity index (χ1) is 11.4. The molecular weight excluding hydrogens is 334 g/mol. The Balaban J connectivity index is 1.86. The fourth-order valence-electron chi connectivity index (χ4n) is 2.74. The van der Waals surface area contributed by atoms with E-state index in [9.17, 15) is 9.59 Å². The Bertz CT molecular complexity index is 605. The van der Waals surface area contributed by atoms with Crippen LogP contribution < -0.4 is 10.1 Å². The number of hydrogen-bond donors (Lipinski definition) is 2. The van der Waals surface area contributed by atoms with Crippen LogP contribution in [-0.4, -0.2) is 58.6 Å². The number of hydrogen-bond acceptors (Lipinski definition) is 5. The van der Waals surface area contributed by atoms with E-state index in [1.807, 2.05) is 18.7 Å². The number of carbonyl (C=O) groups excluding carboxylic acids is 1. The molecule has 1 fully saturated rings. The van der Waals surface area contributed by atoms with Crippen molar-refractivity contribution in [3.8, 4) is 5.88 Å². The van der Waals surface area contributed by atoms with Crippen LogP contribution in [0.1, 0.15) is 37.0 Å². The van der Waals surface area contributed by atoms with E-state index in [-0.39, 0.29) is 24.5 Å². The van der Waals surface area contributed by atoms with Crippen LogP contribution in [0.3, 0.4) is 0 Å². The SMILES string of the molecule is CCOc1ncc(C(=O)NC2CC(N(CC)CC(=O)O)C2)cc1Cl. The van der Waals surface area contributed by atoms with Gasteiger partial charge in [-0.05, 0) is 32.4 Å². The lowest BCUT2D eigenvalue weighted by molar-refractivity contribution is -0.139. The van der Waals surface area contributed by atoms with Crippen molar-refractivity contribution in [2.24, 2.45) is 0 Å². The number of aromatic nitrogens is 1. The Morgan fingerprint density at radius 2 is 2.17 bits per heavy atom. The maximum absolute atomic E-state index is 12.2. The smallest absolute Gasteiger partial charge is 0.317 e. The molecule has 1 heterocycles. The molecule has 1 aromatic rings. The number of ether oxygens (including phenoxy) is 1. The molecule has 1 amide bonds. The highest BCUT2D eigenvalue weighted by Gasteiger charge is 2.34. The minimum Gasteiger partial charge on any atom is -0.480 e. The van der Waals surface area contributed by atoms with Gasteiger partial charge in [0.15, 0.2) is 0 Å². The molecule has 0 aromatic carbocycles. The van der Waals surface area contributed by atoms with Gasteiger partial charge in [0.1, 0.15) is 5.02 Å². The van der Waals surface area contributed by atoms with Crippen LogP contribution in [0.15, 0.2) is 12.3 Å². The standard InChI is InChI=1S/C16H22ClN3O4/c1-3-20(9-14(21)22)12-6-11(7-12)19-15(23)10-5-13(17)16(18-8-10)24-4-2/h5,8,11-12H,3-4,6-7,9H2,1-2H3,(H,19,23)(H,21,22). The van der Waals surface area contributed by atoms with E-state index < -0.39 is 5.97 Å². The number of carboxylic acid groups (broad SMARTS) is 1. The first-order valence-electron chi connectivity index (χ1n) is 7.99. The number of carboxylic acids is 1. The Morgan fingerprint density at radius 3 is 2.71 bits per heavy atom. The van der Waals surface area contributed by atoms with Gasteiger partial charge in [-0.1, -0.05) is 18.5 Å². The summed E-state index contributed by atoms with van der Waals surface area (Å²) in [5.41, 5.74) is 0.379. The van der Waals surface area contributed by atoms with E-state index in [1.54, 1.807) is 0 Å². The summed E-state index contributed by atoms with van der Waals surface area (Å²) in [6.45, 7) is 4.92. The number of halogens is 1. The Hall–Kier alpha value is -1.86. The van der Waals surface area contributed by atoms with Crippen molar-refractivity contribution in [1.29, 1.82) is 0 Å². The highest BCUT2D eigenvalue weighted by atomic mass is 35.5. The van der Waals surface area contributed by atoms with Crippen LogP contribution >= 0.6 is 11.6 Å². The molecule has 0 unspecified atom stereocenters. The third-order valence-corrected chi connectivity index (χ3v) is 4.33. The predicted octanol–water partition coefficient (Wildman–Crippen LogP) is 1.80. The number of carbonyl (C=O) groups is 2. The van der Waals surface area contributed by atoms with Gasteiger partial charge in [-0.25, -0.2) is 4.98 Å². The molecule has 1 saturated carbocycles. The van der Waals surface area contributed by atoms with E-state index in [4.69, 9.17) is 21.4 Å². The average Bonchev–Trinajstić information content (AvgIpc) is 2.50. The van der Waals surface area contributed by atoms with E-state index in [0.29, 0.717) is 29.6 Å². The van der Waals surface area contributed by atoms with Crippen LogP contribution in [0.4, 0.5) is 0 Å². The van der Waals surface area contributed by atoms with Gasteiger partial charge in [0, 0.05) is 18.3 Å². The third-order valence-electron chi connectivity index (χ3n) is 4.06. The molecule has 1 aromatic heterocycles. The summed E-state index contributed by atoms with van der Waals surface area (Å²) in [5.74, 6) is -0.761. The number of likely N-dealkylation sites (N-methyl/N-ethyl adjacent to an activating group) is 1. The minimum atomic E-state index is -0.834. The van der Waals surface area contributed by atoms with Crippen molar-refractivity contribution >= 4 is 23.5 Å². The molecule has 0 aliphatic heterocycles. The second-order valence-electron chi connectivity index (χ2n) is 5.70. The van der Waals surface area contributed by atoms with Crippen molar-refractivity contribution < 1.29 is 19.4 Å². The maximum Gasteiger partial charge on any atom is 0.317 e. The van der Waals surface area contributed by atoms with Gasteiger partial charge < -0.3 is 15.2 Å². The largest absolute Gasteiger partial charge is 0.480 e. The zero-order chi connectivity index (χ0) is 17.7. The molecule has 24 heavy (non-hydrogen) atoms. The predicted molar refractivity (Wildman–Crippen MR) is 89.6 cm³/mol. The topological polar surface area (TPSA) is 91.8 Å². The summed E-state index contributed by atoms with van der Waals surface area (Å²) in [5, 5.41) is 12.1. The number of nitrogens with zero attached hydrogens (tertiary/aromatic N) is 2. The van der Waals surface area contributed by atoms with Gasteiger partial charge in [-0.2, -0.15) is 0 Å². The summed E-state index contributed by atoms with van der Waals surface area (Å²) in [6, 6.07) is 1.77. The fraction of sp³-hybridized carbons (Fsp3) is 0.562. The number of amides is 1. The van der Waals surface area contributed by atoms with E-state index >= 15 is 0 Å². The first-order valence-corrected chi connectivity index (χ1v) is 8.37. The van der Waals surface area contributed by atoms with Crippen LogP contribution in [0.25, 0.3) is 0 Å². The first kappa shape index (κ1) is 18.5. The van der Waals surface area contributed by atoms with Crippen molar-refractivity contribution in [3.63, 3.8) is 0 Å². The highest BCUT2D eigenvalue weighted by Crippen LogP contribution is 2.26. The van der Waals surface area contributed by atoms with Gasteiger partial charge in [-0.3, -0.25) is 14.5 Å². The molecule has 0 saturated heterocycles. The summed E-state index contributed by atoms with van der Waals surface area (Å²) in [7, 11) is 0. The molecule has 1 aliphatic carbocycles. The Kier molecular flexibility index (Phi) is 6.39. The molecule has 7 nitrogen and oxygen atoms in total. The molecule has 8 heteroatoms. The fourth-order valence-corrected chi connectivity index (χ4v) is 2.96. The molecule has 132 valence electrons. The molecule has 0 radical (unpaired) electrons. The Labute approximate surface area is 146 Å². The molecule has 1 aliphatic rings. The molecule has 0 bridgehead atoms. The second kappa shape index (κ2) is 8.30. The van der Waals surface area contributed by atoms with Gasteiger partial charge >= 0.3 is 5.97 Å². The van der Waals surface area contributed by atoms with Crippen LogP contribution in [0.5, 0.6) is 5.88 Å². The maximum atomic E-state index is 12.2. The lowest BCUT2D eigenvalue weighted by atomic mass is 9.85. The van der Waals surface area contributed by atoms with Gasteiger partial charge in [0.05, 0.1) is 18.7 Å². The molecular formula is C16H22ClN3O4. The van der Waals surface area contributed by atoms with Crippen molar-refractivity contribution in [2.45, 2.75) is 38.8 Å². The summed E-state index contributed by atoms with van der Waals surface area (Å²) in [4.78, 5) is 29.0. The minimum absolute atomic E-state index is 0.0280. The number of aliphatic carboxylic acids is 1. The lowest BCUT2D eigenvalue weighted by Gasteiger charge is -2.42. The lowest BCUT2D eigenvalue weighted by Crippen LogP contribution is -2.54. The summed E-state index contributed by atoms with van der Waals surface area (Å²) < 4.78 is 5.24. The zero-order valence-electron chi connectivity index (χ0n) is 13.8. The average molecular weight is 356 g/mol. The molecule has 2 rings (SSSR count). The van der Waals surface area contributed by atoms with Crippen molar-refractivity contribution in [1.82, 2.24) is 15.2 Å². The normalized spacial score (nSPS) is 19.7. The monoisotopic (exact) mass is 355 g/mol. The van der Waals surface area contributed by atoms with Gasteiger partial charge in [-0.15, -0.1) is 0 Å². The number of rotatable bonds is 8. The highest BCUT2D eigenvalue weighted by molar-refractivity contribution is 6.32. The van der Waals surface area contributed by atoms with Crippen molar-refractivity contribution in [3.05, 3.63) is 22.8 Å². The zero-order valence-corrected chi connectivity index (χ0v) is 14.5. The van der Waals surface area contributed by atoms with Crippen LogP contribution in [0.2, 0.25) is 5.02 Å². The summed E-state index contributed by atoms with van der Waals surface area (Å²) >= 11 is 6.04. The van der Waals surface area contributed by atoms with Crippen molar-refractivity contribution in [2.75, 3.05) is 19.7 Å². The van der Waals surface area contributed by atoms with E-state index in [0.717, 1.165) is 12.8 Å². The molecule has 2 N–H and O–H groups in total. The quantitative estimate of drug-likeness (QED) is 0.738. The second-order valence-corrected chi connectivity index (χ2v) is 6.10. The van der Waals surface area contributed by atoms with Crippen LogP contribution in [-0.2, 0) is 4.79 Å². The molecule has 0 spiro atoms. The number of nitrogens with one attached hydrogen (secondary N) is 1. The summed E-state index contributed by atoms with van der Waals surface area (Å²) in [6.07, 6.45) is 2.92. The van der Waals surface area contributed by atoms with E-state index in [1.165, 1.54) is 12.3 Å². The van der Waals surface area contributed by atoms with Gasteiger partial charge in [0.2, 0.25) is 5.88 Å². The molecule has 0 atom stereocenters.